The van der Waals surface area contributed by atoms with E-state index in [1.165, 1.54) is 12.8 Å². The minimum absolute atomic E-state index is 0.0836. The Balaban J connectivity index is 1.49. The Kier molecular flexibility index (Phi) is 6.63. The van der Waals surface area contributed by atoms with Gasteiger partial charge in [-0.05, 0) is 104 Å². The second-order valence-electron chi connectivity index (χ2n) is 14.1. The molecule has 0 aromatic rings. The number of fused-ring (bicyclic) bond motifs is 5. The second kappa shape index (κ2) is 8.50. The number of allylic oxidation sites excluding steroid dienone is 1. The quantitative estimate of drug-likeness (QED) is 0.402. The first-order valence-corrected chi connectivity index (χ1v) is 13.7. The third kappa shape index (κ3) is 4.19. The van der Waals surface area contributed by atoms with Crippen molar-refractivity contribution >= 4 is 0 Å². The molecule has 1 unspecified atom stereocenters. The second-order valence-corrected chi connectivity index (χ2v) is 14.1. The van der Waals surface area contributed by atoms with E-state index >= 15 is 0 Å². The minimum atomic E-state index is -4.56. The average molecular weight is 485 g/mol. The van der Waals surface area contributed by atoms with Crippen LogP contribution in [0.2, 0.25) is 0 Å². The molecule has 2 N–H and O–H groups in total. The molecule has 34 heavy (non-hydrogen) atoms. The first-order chi connectivity index (χ1) is 15.5. The van der Waals surface area contributed by atoms with Crippen molar-refractivity contribution in [3.63, 3.8) is 0 Å². The molecule has 0 radical (unpaired) electrons. The summed E-state index contributed by atoms with van der Waals surface area (Å²) in [6, 6.07) is 0. The highest BCUT2D eigenvalue weighted by Gasteiger charge is 2.63. The smallest absolute Gasteiger partial charge is 0.393 e. The van der Waals surface area contributed by atoms with Crippen LogP contribution in [0.1, 0.15) is 106 Å². The van der Waals surface area contributed by atoms with Gasteiger partial charge in [-0.15, -0.1) is 0 Å². The predicted molar refractivity (Wildman–Crippen MR) is 130 cm³/mol. The van der Waals surface area contributed by atoms with Crippen LogP contribution in [0.15, 0.2) is 11.6 Å². The summed E-state index contributed by atoms with van der Waals surface area (Å²) in [6.07, 6.45) is 4.74. The highest BCUT2D eigenvalue weighted by Crippen LogP contribution is 2.68. The van der Waals surface area contributed by atoms with Gasteiger partial charge in [0.1, 0.15) is 0 Å². The van der Waals surface area contributed by atoms with E-state index in [0.29, 0.717) is 36.0 Å². The van der Waals surface area contributed by atoms with Crippen LogP contribution >= 0.6 is 0 Å². The van der Waals surface area contributed by atoms with E-state index in [9.17, 15) is 23.4 Å². The van der Waals surface area contributed by atoms with E-state index in [0.717, 1.165) is 37.7 Å². The standard InChI is InChI=1S/C29H47F3O2/c1-18(7-12-24(33)25(2,3)4)21-10-11-22-20-9-8-19-17-28(34,29(30,31)32)16-15-26(19,5)23(20)13-14-27(21,22)6/h8,18,20-24,33-34H,7,9-17H2,1-6H3/t18-,20+,21-,22+,23+,24?,26+,27-,28+/m1/s1. The summed E-state index contributed by atoms with van der Waals surface area (Å²) in [6.45, 7) is 13.4. The van der Waals surface area contributed by atoms with Crippen molar-refractivity contribution < 1.29 is 23.4 Å². The predicted octanol–water partition coefficient (Wildman–Crippen LogP) is 7.68. The molecule has 0 saturated heterocycles. The number of hydrogen-bond acceptors (Lipinski definition) is 2. The van der Waals surface area contributed by atoms with Crippen molar-refractivity contribution in [1.82, 2.24) is 0 Å². The Hall–Kier alpha value is -0.550. The van der Waals surface area contributed by atoms with E-state index in [1.54, 1.807) is 0 Å². The molecule has 3 saturated carbocycles. The summed E-state index contributed by atoms with van der Waals surface area (Å²) < 4.78 is 40.7. The zero-order chi connectivity index (χ0) is 25.3. The molecule has 4 aliphatic rings. The SMILES string of the molecule is C[C@H](CCC(O)C(C)(C)C)[C@H]1CC[C@H]2[C@@H]3CC=C4C[C@](O)(C(F)(F)F)CC[C@]4(C)[C@H]3CC[C@]12C. The highest BCUT2D eigenvalue weighted by atomic mass is 19.4. The fourth-order valence-electron chi connectivity index (χ4n) is 8.92. The topological polar surface area (TPSA) is 40.5 Å². The lowest BCUT2D eigenvalue weighted by molar-refractivity contribution is -0.271. The number of halogens is 3. The van der Waals surface area contributed by atoms with Gasteiger partial charge in [0.25, 0.3) is 0 Å². The van der Waals surface area contributed by atoms with Crippen LogP contribution < -0.4 is 0 Å². The Morgan fingerprint density at radius 1 is 1.00 bits per heavy atom. The molecular weight excluding hydrogens is 437 g/mol. The molecule has 3 fully saturated rings. The Labute approximate surface area is 204 Å². The van der Waals surface area contributed by atoms with E-state index in [2.05, 4.69) is 47.6 Å². The first kappa shape index (κ1) is 26.5. The molecule has 5 heteroatoms. The monoisotopic (exact) mass is 484 g/mol. The van der Waals surface area contributed by atoms with Crippen LogP contribution in [0.5, 0.6) is 0 Å². The highest BCUT2D eigenvalue weighted by molar-refractivity contribution is 5.28. The maximum absolute atomic E-state index is 13.6. The van der Waals surface area contributed by atoms with Gasteiger partial charge in [-0.25, -0.2) is 0 Å². The third-order valence-corrected chi connectivity index (χ3v) is 11.3. The molecule has 0 aromatic heterocycles. The van der Waals surface area contributed by atoms with Crippen LogP contribution in [0.4, 0.5) is 13.2 Å². The summed E-state index contributed by atoms with van der Waals surface area (Å²) in [4.78, 5) is 0. The first-order valence-electron chi connectivity index (χ1n) is 13.7. The molecule has 0 bridgehead atoms. The molecule has 0 spiro atoms. The summed E-state index contributed by atoms with van der Waals surface area (Å²) in [5.74, 6) is 2.84. The van der Waals surface area contributed by atoms with Gasteiger partial charge in [-0.3, -0.25) is 0 Å². The normalized spacial score (nSPS) is 44.5. The van der Waals surface area contributed by atoms with Gasteiger partial charge in [0.2, 0.25) is 0 Å². The van der Waals surface area contributed by atoms with Crippen LogP contribution in [-0.2, 0) is 0 Å². The van der Waals surface area contributed by atoms with Crippen LogP contribution in [0.25, 0.3) is 0 Å². The Morgan fingerprint density at radius 2 is 1.68 bits per heavy atom. The van der Waals surface area contributed by atoms with E-state index in [-0.39, 0.29) is 35.2 Å². The number of rotatable bonds is 4. The van der Waals surface area contributed by atoms with E-state index in [1.807, 2.05) is 0 Å². The Bertz CT molecular complexity index is 798. The zero-order valence-electron chi connectivity index (χ0n) is 22.1. The molecule has 196 valence electrons. The van der Waals surface area contributed by atoms with Crippen molar-refractivity contribution in [2.75, 3.05) is 0 Å². The van der Waals surface area contributed by atoms with E-state index < -0.39 is 11.8 Å². The molecule has 4 aliphatic carbocycles. The summed E-state index contributed by atoms with van der Waals surface area (Å²) in [7, 11) is 0. The van der Waals surface area contributed by atoms with Crippen molar-refractivity contribution in [2.45, 2.75) is 124 Å². The lowest BCUT2D eigenvalue weighted by atomic mass is 9.46. The van der Waals surface area contributed by atoms with Crippen LogP contribution in [0.3, 0.4) is 0 Å². The third-order valence-electron chi connectivity index (χ3n) is 11.3. The van der Waals surface area contributed by atoms with Gasteiger partial charge >= 0.3 is 6.18 Å². The van der Waals surface area contributed by atoms with Crippen molar-refractivity contribution in [3.05, 3.63) is 11.6 Å². The van der Waals surface area contributed by atoms with Gasteiger partial charge < -0.3 is 10.2 Å². The Morgan fingerprint density at radius 3 is 2.29 bits per heavy atom. The molecule has 0 heterocycles. The minimum Gasteiger partial charge on any atom is -0.393 e. The van der Waals surface area contributed by atoms with Gasteiger partial charge in [0, 0.05) is 6.42 Å². The molecule has 0 aliphatic heterocycles. The van der Waals surface area contributed by atoms with E-state index in [4.69, 9.17) is 0 Å². The molecule has 2 nitrogen and oxygen atoms in total. The number of aliphatic hydroxyl groups excluding tert-OH is 1. The molecular formula is C29H47F3O2. The largest absolute Gasteiger partial charge is 0.417 e. The fourth-order valence-corrected chi connectivity index (χ4v) is 8.92. The molecule has 4 rings (SSSR count). The van der Waals surface area contributed by atoms with Gasteiger partial charge in [-0.1, -0.05) is 53.2 Å². The van der Waals surface area contributed by atoms with Crippen molar-refractivity contribution in [3.8, 4) is 0 Å². The maximum Gasteiger partial charge on any atom is 0.417 e. The average Bonchev–Trinajstić information content (AvgIpc) is 3.08. The summed E-state index contributed by atoms with van der Waals surface area (Å²) >= 11 is 0. The number of alkyl halides is 3. The van der Waals surface area contributed by atoms with Gasteiger partial charge in [0.15, 0.2) is 5.60 Å². The molecule has 0 aromatic carbocycles. The molecule has 0 amide bonds. The number of aliphatic hydroxyl groups is 2. The number of hydrogen-bond donors (Lipinski definition) is 2. The zero-order valence-corrected chi connectivity index (χ0v) is 22.1. The van der Waals surface area contributed by atoms with Crippen molar-refractivity contribution in [1.29, 1.82) is 0 Å². The van der Waals surface area contributed by atoms with Crippen LogP contribution in [0, 0.1) is 45.8 Å². The maximum atomic E-state index is 13.6. The lowest BCUT2D eigenvalue weighted by Crippen LogP contribution is -2.55. The van der Waals surface area contributed by atoms with Gasteiger partial charge in [-0.2, -0.15) is 13.2 Å². The molecule has 9 atom stereocenters. The van der Waals surface area contributed by atoms with Crippen LogP contribution in [-0.4, -0.2) is 28.1 Å². The summed E-state index contributed by atoms with van der Waals surface area (Å²) in [5.41, 5.74) is -1.69. The lowest BCUT2D eigenvalue weighted by Gasteiger charge is -2.59. The fraction of sp³-hybridized carbons (Fsp3) is 0.931. The van der Waals surface area contributed by atoms with Crippen molar-refractivity contribution in [2.24, 2.45) is 45.8 Å². The summed E-state index contributed by atoms with van der Waals surface area (Å²) in [5, 5.41) is 21.0. The van der Waals surface area contributed by atoms with Gasteiger partial charge in [0.05, 0.1) is 6.10 Å².